The molecule has 134 valence electrons. The molecule has 0 radical (unpaired) electrons. The van der Waals surface area contributed by atoms with Crippen LogP contribution in [0.3, 0.4) is 0 Å². The van der Waals surface area contributed by atoms with E-state index in [-0.39, 0.29) is 24.3 Å². The normalized spacial score (nSPS) is 11.2. The summed E-state index contributed by atoms with van der Waals surface area (Å²) in [5, 5.41) is 0.0939. The quantitative estimate of drug-likeness (QED) is 0.315. The van der Waals surface area contributed by atoms with Crippen LogP contribution in [0.5, 0.6) is 5.75 Å². The first-order valence-corrected chi connectivity index (χ1v) is 11.4. The van der Waals surface area contributed by atoms with Crippen molar-refractivity contribution in [3.8, 4) is 5.75 Å². The maximum absolute atomic E-state index is 13.2. The summed E-state index contributed by atoms with van der Waals surface area (Å²) in [5.41, 5.74) is 0.408. The lowest BCUT2D eigenvalue weighted by Gasteiger charge is -2.21. The molecule has 0 aliphatic heterocycles. The number of rotatable bonds is 10. The number of thioether (sulfide) groups is 2. The van der Waals surface area contributed by atoms with Gasteiger partial charge in [-0.3, -0.25) is 9.36 Å². The van der Waals surface area contributed by atoms with Crippen molar-refractivity contribution in [1.29, 1.82) is 0 Å². The number of hydrogen-bond donors (Lipinski definition) is 0. The van der Waals surface area contributed by atoms with Crippen LogP contribution in [-0.2, 0) is 13.6 Å². The summed E-state index contributed by atoms with van der Waals surface area (Å²) in [6.45, 7) is 3.82. The number of hydrogen-bond acceptors (Lipinski definition) is 7. The molecule has 0 amide bonds. The molecule has 0 fully saturated rings. The summed E-state index contributed by atoms with van der Waals surface area (Å²) in [4.78, 5) is 13.0. The molecular formula is C16H23O5PS2. The molecule has 0 heterocycles. The predicted molar refractivity (Wildman–Crippen MR) is 102 cm³/mol. The predicted octanol–water partition coefficient (Wildman–Crippen LogP) is 5.04. The molecule has 0 aromatic heterocycles. The molecule has 1 aromatic rings. The molecule has 0 atom stereocenters. The minimum Gasteiger partial charge on any atom is -0.497 e. The van der Waals surface area contributed by atoms with Gasteiger partial charge in [0.2, 0.25) is 5.78 Å². The van der Waals surface area contributed by atoms with Gasteiger partial charge in [0, 0.05) is 5.56 Å². The Morgan fingerprint density at radius 3 is 1.92 bits per heavy atom. The highest BCUT2D eigenvalue weighted by atomic mass is 32.2. The van der Waals surface area contributed by atoms with Crippen LogP contribution in [0, 0.1) is 0 Å². The van der Waals surface area contributed by atoms with Crippen LogP contribution >= 0.6 is 31.1 Å². The van der Waals surface area contributed by atoms with E-state index in [1.54, 1.807) is 45.2 Å². The standard InChI is InChI=1S/C16H23O5PS2/c1-6-20-22(18,21-7-2)15(16(23-4)24-5)14(17)12-8-10-13(19-3)11-9-12/h8-11H,6-7H2,1-5H3. The van der Waals surface area contributed by atoms with Gasteiger partial charge in [-0.05, 0) is 50.6 Å². The van der Waals surface area contributed by atoms with E-state index in [0.717, 1.165) is 0 Å². The summed E-state index contributed by atoms with van der Waals surface area (Å²) in [6.07, 6.45) is 3.66. The van der Waals surface area contributed by atoms with E-state index in [1.165, 1.54) is 23.5 Å². The topological polar surface area (TPSA) is 61.8 Å². The highest BCUT2D eigenvalue weighted by Crippen LogP contribution is 2.60. The SMILES string of the molecule is CCOP(=O)(OCC)C(C(=O)c1ccc(OC)cc1)=C(SC)SC. The molecular weight excluding hydrogens is 367 g/mol. The largest absolute Gasteiger partial charge is 0.497 e. The Balaban J connectivity index is 3.44. The van der Waals surface area contributed by atoms with Gasteiger partial charge in [0.25, 0.3) is 0 Å². The third kappa shape index (κ3) is 5.14. The van der Waals surface area contributed by atoms with Crippen LogP contribution in [0.4, 0.5) is 0 Å². The lowest BCUT2D eigenvalue weighted by Crippen LogP contribution is -2.10. The van der Waals surface area contributed by atoms with E-state index in [1.807, 2.05) is 12.5 Å². The van der Waals surface area contributed by atoms with E-state index < -0.39 is 7.60 Å². The van der Waals surface area contributed by atoms with Crippen LogP contribution < -0.4 is 4.74 Å². The van der Waals surface area contributed by atoms with Crippen molar-refractivity contribution in [1.82, 2.24) is 0 Å². The van der Waals surface area contributed by atoms with Gasteiger partial charge in [-0.25, -0.2) is 0 Å². The number of benzene rings is 1. The summed E-state index contributed by atoms with van der Waals surface area (Å²) in [5.74, 6) is 0.284. The Morgan fingerprint density at radius 2 is 1.54 bits per heavy atom. The Bertz CT molecular complexity index is 612. The molecule has 0 aliphatic rings. The third-order valence-electron chi connectivity index (χ3n) is 3.00. The molecule has 1 rings (SSSR count). The fraction of sp³-hybridized carbons (Fsp3) is 0.438. The summed E-state index contributed by atoms with van der Waals surface area (Å²) in [7, 11) is -2.15. The third-order valence-corrected chi connectivity index (χ3v) is 7.63. The van der Waals surface area contributed by atoms with Crippen molar-refractivity contribution < 1.29 is 23.1 Å². The van der Waals surface area contributed by atoms with Gasteiger partial charge in [-0.1, -0.05) is 0 Å². The van der Waals surface area contributed by atoms with Crippen molar-refractivity contribution in [2.45, 2.75) is 13.8 Å². The van der Waals surface area contributed by atoms with E-state index in [4.69, 9.17) is 13.8 Å². The fourth-order valence-electron chi connectivity index (χ4n) is 1.99. The summed E-state index contributed by atoms with van der Waals surface area (Å²) in [6, 6.07) is 6.66. The van der Waals surface area contributed by atoms with Gasteiger partial charge in [-0.2, -0.15) is 0 Å². The number of ketones is 1. The van der Waals surface area contributed by atoms with Crippen LogP contribution in [0.1, 0.15) is 24.2 Å². The number of Topliss-reactive ketones (excluding diaryl/α,β-unsaturated/α-hetero) is 1. The van der Waals surface area contributed by atoms with E-state index >= 15 is 0 Å². The monoisotopic (exact) mass is 390 g/mol. The van der Waals surface area contributed by atoms with Crippen LogP contribution in [0.15, 0.2) is 33.8 Å². The second-order valence-electron chi connectivity index (χ2n) is 4.43. The smallest absolute Gasteiger partial charge is 0.366 e. The van der Waals surface area contributed by atoms with E-state index in [9.17, 15) is 9.36 Å². The lowest BCUT2D eigenvalue weighted by atomic mass is 10.1. The first-order valence-electron chi connectivity index (χ1n) is 7.38. The molecule has 24 heavy (non-hydrogen) atoms. The number of methoxy groups -OCH3 is 1. The van der Waals surface area contributed by atoms with Gasteiger partial charge in [0.15, 0.2) is 0 Å². The Hall–Kier alpha value is -0.720. The molecule has 1 aromatic carbocycles. The van der Waals surface area contributed by atoms with Crippen molar-refractivity contribution in [3.05, 3.63) is 39.4 Å². The van der Waals surface area contributed by atoms with Gasteiger partial charge in [0.05, 0.1) is 24.6 Å². The second-order valence-corrected chi connectivity index (χ2v) is 8.28. The van der Waals surface area contributed by atoms with Gasteiger partial charge < -0.3 is 13.8 Å². The second kappa shape index (κ2) is 10.3. The van der Waals surface area contributed by atoms with Gasteiger partial charge in [0.1, 0.15) is 11.1 Å². The van der Waals surface area contributed by atoms with Crippen LogP contribution in [-0.4, -0.2) is 38.6 Å². The minimum atomic E-state index is -3.70. The molecule has 0 saturated heterocycles. The van der Waals surface area contributed by atoms with Crippen molar-refractivity contribution >= 4 is 36.9 Å². The molecule has 0 aliphatic carbocycles. The number of carbonyl (C=O) groups is 1. The zero-order valence-corrected chi connectivity index (χ0v) is 17.1. The molecule has 0 saturated carbocycles. The van der Waals surface area contributed by atoms with E-state index in [2.05, 4.69) is 0 Å². The average Bonchev–Trinajstić information content (AvgIpc) is 2.59. The van der Waals surface area contributed by atoms with Gasteiger partial charge in [-0.15, -0.1) is 23.5 Å². The number of carbonyl (C=O) groups excluding carboxylic acids is 1. The summed E-state index contributed by atoms with van der Waals surface area (Å²) < 4.78 is 29.8. The van der Waals surface area contributed by atoms with Crippen molar-refractivity contribution in [2.24, 2.45) is 0 Å². The Morgan fingerprint density at radius 1 is 1.04 bits per heavy atom. The minimum absolute atomic E-state index is 0.0939. The van der Waals surface area contributed by atoms with Gasteiger partial charge >= 0.3 is 7.60 Å². The first-order chi connectivity index (χ1) is 11.5. The molecule has 8 heteroatoms. The van der Waals surface area contributed by atoms with Crippen molar-refractivity contribution in [2.75, 3.05) is 32.8 Å². The number of ether oxygens (including phenoxy) is 1. The summed E-state index contributed by atoms with van der Waals surface area (Å²) >= 11 is 2.70. The molecule has 0 spiro atoms. The first kappa shape index (κ1) is 21.3. The van der Waals surface area contributed by atoms with Crippen LogP contribution in [0.2, 0.25) is 0 Å². The maximum atomic E-state index is 13.2. The molecule has 0 bridgehead atoms. The molecule has 0 N–H and O–H groups in total. The highest BCUT2D eigenvalue weighted by molar-refractivity contribution is 8.22. The zero-order valence-electron chi connectivity index (χ0n) is 14.5. The van der Waals surface area contributed by atoms with E-state index in [0.29, 0.717) is 15.6 Å². The lowest BCUT2D eigenvalue weighted by molar-refractivity contribution is 0.103. The molecule has 0 unspecified atom stereocenters. The van der Waals surface area contributed by atoms with Crippen LogP contribution in [0.25, 0.3) is 0 Å². The highest BCUT2D eigenvalue weighted by Gasteiger charge is 2.38. The van der Waals surface area contributed by atoms with Crippen molar-refractivity contribution in [3.63, 3.8) is 0 Å². The zero-order chi connectivity index (χ0) is 18.2. The Kier molecular flexibility index (Phi) is 9.16. The maximum Gasteiger partial charge on any atom is 0.366 e. The number of allylic oxidation sites excluding steroid dienone is 1. The fourth-order valence-corrected chi connectivity index (χ4v) is 6.06. The molecule has 5 nitrogen and oxygen atoms in total. The average molecular weight is 390 g/mol. The Labute approximate surface area is 152 Å².